The summed E-state index contributed by atoms with van der Waals surface area (Å²) in [5.74, 6) is -0.415. The molecule has 0 bridgehead atoms. The molecule has 9 heteroatoms. The Balaban J connectivity index is 2.85. The van der Waals surface area contributed by atoms with E-state index in [9.17, 15) is 20.0 Å². The van der Waals surface area contributed by atoms with Crippen LogP contribution in [0.4, 0.5) is 5.69 Å². The van der Waals surface area contributed by atoms with Gasteiger partial charge in [-0.05, 0) is 53.5 Å². The normalized spacial score (nSPS) is 13.3. The van der Waals surface area contributed by atoms with Crippen molar-refractivity contribution >= 4 is 11.7 Å². The minimum Gasteiger partial charge on any atom is -0.459 e. The average molecular weight is 427 g/mol. The van der Waals surface area contributed by atoms with Crippen LogP contribution in [0.25, 0.3) is 0 Å². The van der Waals surface area contributed by atoms with Crippen molar-refractivity contribution in [3.8, 4) is 0 Å². The first-order valence-electron chi connectivity index (χ1n) is 9.91. The third-order valence-electron chi connectivity index (χ3n) is 3.87. The number of non-ortho nitro benzene ring substituents is 1. The summed E-state index contributed by atoms with van der Waals surface area (Å²) in [4.78, 5) is 35.0. The van der Waals surface area contributed by atoms with Gasteiger partial charge in [-0.2, -0.15) is 0 Å². The number of nitro groups is 1. The molecule has 9 nitrogen and oxygen atoms in total. The lowest BCUT2D eigenvalue weighted by Crippen LogP contribution is -2.46. The summed E-state index contributed by atoms with van der Waals surface area (Å²) in [6.07, 6.45) is 0.400. The summed E-state index contributed by atoms with van der Waals surface area (Å²) >= 11 is 0. The number of hydrogen-bond donors (Lipinski definition) is 1. The van der Waals surface area contributed by atoms with Crippen LogP contribution in [0.3, 0.4) is 0 Å². The Morgan fingerprint density at radius 1 is 1.13 bits per heavy atom. The van der Waals surface area contributed by atoms with Crippen molar-refractivity contribution in [3.05, 3.63) is 39.9 Å². The van der Waals surface area contributed by atoms with Gasteiger partial charge in [0.2, 0.25) is 0 Å². The summed E-state index contributed by atoms with van der Waals surface area (Å²) in [7, 11) is 0. The van der Waals surface area contributed by atoms with E-state index in [0.29, 0.717) is 13.0 Å². The zero-order valence-corrected chi connectivity index (χ0v) is 18.7. The highest BCUT2D eigenvalue weighted by molar-refractivity contribution is 5.72. The lowest BCUT2D eigenvalue weighted by Gasteiger charge is -2.31. The molecule has 0 radical (unpaired) electrons. The molecule has 0 spiro atoms. The summed E-state index contributed by atoms with van der Waals surface area (Å²) in [6.45, 7) is 11.2. The summed E-state index contributed by atoms with van der Waals surface area (Å²) < 4.78 is 5.41. The van der Waals surface area contributed by atoms with E-state index in [0.717, 1.165) is 5.56 Å². The highest BCUT2D eigenvalue weighted by atomic mass is 17.2. The van der Waals surface area contributed by atoms with Gasteiger partial charge in [-0.3, -0.25) is 19.8 Å². The second-order valence-electron chi connectivity index (χ2n) is 9.04. The molecule has 1 unspecified atom stereocenters. The van der Waals surface area contributed by atoms with E-state index in [4.69, 9.17) is 14.5 Å². The smallest absolute Gasteiger partial charge is 0.320 e. The van der Waals surface area contributed by atoms with Crippen molar-refractivity contribution in [3.63, 3.8) is 0 Å². The van der Waals surface area contributed by atoms with Crippen LogP contribution in [0.5, 0.6) is 0 Å². The van der Waals surface area contributed by atoms with Gasteiger partial charge in [-0.25, -0.2) is 9.78 Å². The van der Waals surface area contributed by atoms with Gasteiger partial charge in [-0.1, -0.05) is 12.1 Å². The van der Waals surface area contributed by atoms with Crippen LogP contribution in [0.2, 0.25) is 0 Å². The minimum atomic E-state index is -0.623. The van der Waals surface area contributed by atoms with Crippen molar-refractivity contribution in [2.75, 3.05) is 26.3 Å². The average Bonchev–Trinajstić information content (AvgIpc) is 2.60. The van der Waals surface area contributed by atoms with E-state index in [1.807, 2.05) is 20.8 Å². The monoisotopic (exact) mass is 426 g/mol. The molecule has 30 heavy (non-hydrogen) atoms. The molecule has 0 aliphatic rings. The van der Waals surface area contributed by atoms with Crippen LogP contribution in [-0.2, 0) is 25.7 Å². The minimum absolute atomic E-state index is 0.00219. The zero-order valence-electron chi connectivity index (χ0n) is 18.7. The van der Waals surface area contributed by atoms with Crippen LogP contribution < -0.4 is 0 Å². The lowest BCUT2D eigenvalue weighted by molar-refractivity contribution is -0.384. The maximum Gasteiger partial charge on any atom is 0.320 e. The number of nitro benzene ring substituents is 1. The molecule has 1 aromatic carbocycles. The third-order valence-corrected chi connectivity index (χ3v) is 3.87. The molecule has 0 aliphatic carbocycles. The Labute approximate surface area is 178 Å². The van der Waals surface area contributed by atoms with E-state index in [1.165, 1.54) is 12.1 Å². The predicted molar refractivity (Wildman–Crippen MR) is 112 cm³/mol. The van der Waals surface area contributed by atoms with Crippen LogP contribution >= 0.6 is 0 Å². The molecule has 170 valence electrons. The molecule has 0 aromatic heterocycles. The summed E-state index contributed by atoms with van der Waals surface area (Å²) in [5.41, 5.74) is -0.286. The Morgan fingerprint density at radius 2 is 1.73 bits per heavy atom. The molecule has 1 atom stereocenters. The Bertz CT molecular complexity index is 678. The quantitative estimate of drug-likeness (QED) is 0.189. The predicted octanol–water partition coefficient (Wildman–Crippen LogP) is 2.89. The van der Waals surface area contributed by atoms with Crippen LogP contribution in [-0.4, -0.2) is 64.4 Å². The van der Waals surface area contributed by atoms with Crippen molar-refractivity contribution in [2.45, 2.75) is 65.2 Å². The van der Waals surface area contributed by atoms with Gasteiger partial charge in [0.25, 0.3) is 5.69 Å². The van der Waals surface area contributed by atoms with Crippen LogP contribution in [0.15, 0.2) is 24.3 Å². The SMILES string of the molecule is CC(C)(C)OOCCN(CC(=O)OC(C)(C)C)C(CO)Cc1ccc([N+](=O)[O-])cc1. The second kappa shape index (κ2) is 11.4. The third kappa shape index (κ3) is 10.6. The number of carbonyl (C=O) groups excluding carboxylic acids is 1. The molecule has 1 N–H and O–H groups in total. The van der Waals surface area contributed by atoms with Crippen molar-refractivity contribution in [2.24, 2.45) is 0 Å². The molecule has 1 rings (SSSR count). The number of aliphatic hydroxyl groups is 1. The number of esters is 1. The first-order chi connectivity index (χ1) is 13.8. The molecule has 1 aromatic rings. The van der Waals surface area contributed by atoms with Crippen molar-refractivity contribution in [1.82, 2.24) is 4.90 Å². The Hall–Kier alpha value is -2.07. The van der Waals surface area contributed by atoms with E-state index in [-0.39, 0.29) is 25.4 Å². The fourth-order valence-electron chi connectivity index (χ4n) is 2.64. The molecule has 0 amide bonds. The number of carbonyl (C=O) groups is 1. The van der Waals surface area contributed by atoms with Crippen molar-refractivity contribution < 1.29 is 29.3 Å². The topological polar surface area (TPSA) is 111 Å². The van der Waals surface area contributed by atoms with Gasteiger partial charge in [0, 0.05) is 24.7 Å². The van der Waals surface area contributed by atoms with Crippen molar-refractivity contribution in [1.29, 1.82) is 0 Å². The van der Waals surface area contributed by atoms with Crippen LogP contribution in [0, 0.1) is 10.1 Å². The maximum atomic E-state index is 12.4. The van der Waals surface area contributed by atoms with Crippen LogP contribution in [0.1, 0.15) is 47.1 Å². The number of rotatable bonds is 11. The Kier molecular flexibility index (Phi) is 9.83. The van der Waals surface area contributed by atoms with Gasteiger partial charge in [0.15, 0.2) is 0 Å². The Morgan fingerprint density at radius 3 is 2.20 bits per heavy atom. The molecule has 0 aliphatic heterocycles. The first-order valence-corrected chi connectivity index (χ1v) is 9.91. The van der Waals surface area contributed by atoms with E-state index < -0.39 is 28.1 Å². The molecular formula is C21H34N2O7. The van der Waals surface area contributed by atoms with Gasteiger partial charge >= 0.3 is 5.97 Å². The maximum absolute atomic E-state index is 12.4. The molecule has 0 saturated carbocycles. The number of ether oxygens (including phenoxy) is 1. The molecule has 0 fully saturated rings. The highest BCUT2D eigenvalue weighted by Gasteiger charge is 2.25. The van der Waals surface area contributed by atoms with E-state index >= 15 is 0 Å². The first kappa shape index (κ1) is 26.0. The second-order valence-corrected chi connectivity index (χ2v) is 9.04. The number of nitrogens with zero attached hydrogens (tertiary/aromatic N) is 2. The van der Waals surface area contributed by atoms with E-state index in [2.05, 4.69) is 0 Å². The van der Waals surface area contributed by atoms with E-state index in [1.54, 1.807) is 37.8 Å². The summed E-state index contributed by atoms with van der Waals surface area (Å²) in [6, 6.07) is 5.72. The fourth-order valence-corrected chi connectivity index (χ4v) is 2.64. The standard InChI is InChI=1S/C21H34N2O7/c1-20(2,3)29-19(25)14-22(11-12-28-30-21(4,5)6)18(15-24)13-16-7-9-17(10-8-16)23(26)27/h7-10,18,24H,11-15H2,1-6H3. The van der Waals surface area contributed by atoms with Gasteiger partial charge in [0.05, 0.1) is 30.3 Å². The number of hydrogen-bond acceptors (Lipinski definition) is 8. The van der Waals surface area contributed by atoms with Gasteiger partial charge in [-0.15, -0.1) is 0 Å². The molecule has 0 saturated heterocycles. The summed E-state index contributed by atoms with van der Waals surface area (Å²) in [5, 5.41) is 20.8. The molecular weight excluding hydrogens is 392 g/mol. The number of aliphatic hydroxyl groups excluding tert-OH is 1. The number of benzene rings is 1. The largest absolute Gasteiger partial charge is 0.459 e. The fraction of sp³-hybridized carbons (Fsp3) is 0.667. The molecule has 0 heterocycles. The zero-order chi connectivity index (χ0) is 22.9. The van der Waals surface area contributed by atoms with Gasteiger partial charge in [0.1, 0.15) is 5.60 Å². The highest BCUT2D eigenvalue weighted by Crippen LogP contribution is 2.16. The lowest BCUT2D eigenvalue weighted by atomic mass is 10.0. The van der Waals surface area contributed by atoms with Gasteiger partial charge < -0.3 is 9.84 Å².